The number of alkyl halides is 3. The van der Waals surface area contributed by atoms with Gasteiger partial charge in [0.2, 0.25) is 0 Å². The summed E-state index contributed by atoms with van der Waals surface area (Å²) in [5.74, 6) is -0.624. The molecule has 0 spiro atoms. The smallest absolute Gasteiger partial charge is 0.429 e. The van der Waals surface area contributed by atoms with E-state index in [-0.39, 0.29) is 45.5 Å². The lowest BCUT2D eigenvalue weighted by Gasteiger charge is -2.36. The molecule has 0 amide bonds. The van der Waals surface area contributed by atoms with Crippen LogP contribution in [0.25, 0.3) is 21.9 Å². The molecule has 1 unspecified atom stereocenters. The predicted octanol–water partition coefficient (Wildman–Crippen LogP) is 7.73. The molecule has 2 aromatic carbocycles. The minimum atomic E-state index is -5.10. The van der Waals surface area contributed by atoms with Gasteiger partial charge in [0.1, 0.15) is 18.1 Å². The number of hydrogen-bond acceptors (Lipinski definition) is 7. The number of nitrogens with zero attached hydrogens (tertiary/aromatic N) is 4. The molecular weight excluding hydrogens is 605 g/mol. The molecule has 13 heteroatoms. The second-order valence-electron chi connectivity index (χ2n) is 13.1. The summed E-state index contributed by atoms with van der Waals surface area (Å²) in [4.78, 5) is 17.7. The Kier molecular flexibility index (Phi) is 9.18. The molecule has 0 saturated heterocycles. The van der Waals surface area contributed by atoms with Gasteiger partial charge in [-0.25, -0.2) is 9.78 Å². The molecule has 0 N–H and O–H groups in total. The van der Waals surface area contributed by atoms with Crippen molar-refractivity contribution in [2.75, 3.05) is 20.8 Å². The van der Waals surface area contributed by atoms with Gasteiger partial charge in [-0.3, -0.25) is 4.57 Å². The fourth-order valence-electron chi connectivity index (χ4n) is 5.31. The number of carbonyl (C=O) groups is 1. The number of imidazole rings is 1. The Bertz CT molecular complexity index is 1780. The molecule has 4 rings (SSSR count). The number of benzene rings is 2. The fraction of sp³-hybridized carbons (Fsp3) is 0.469. The highest BCUT2D eigenvalue weighted by molar-refractivity contribution is 6.76. The van der Waals surface area contributed by atoms with Crippen LogP contribution in [0.3, 0.4) is 0 Å². The Balaban J connectivity index is 2.08. The maximum Gasteiger partial charge on any atom is 0.429 e. The molecular formula is C32H39F3N4O5Si. The molecule has 2 heterocycles. The third-order valence-electron chi connectivity index (χ3n) is 7.40. The van der Waals surface area contributed by atoms with Crippen molar-refractivity contribution in [3.63, 3.8) is 0 Å². The first-order valence-corrected chi connectivity index (χ1v) is 18.1. The van der Waals surface area contributed by atoms with Gasteiger partial charge in [0.05, 0.1) is 40.9 Å². The summed E-state index contributed by atoms with van der Waals surface area (Å²) in [6.45, 7) is 13.3. The van der Waals surface area contributed by atoms with E-state index in [2.05, 4.69) is 24.6 Å². The highest BCUT2D eigenvalue weighted by Crippen LogP contribution is 2.53. The molecule has 0 fully saturated rings. The Labute approximate surface area is 261 Å². The number of carbonyl (C=O) groups excluding carboxylic acids is 1. The van der Waals surface area contributed by atoms with Gasteiger partial charge in [-0.05, 0) is 69.6 Å². The average molecular weight is 645 g/mol. The topological polar surface area (TPSA) is 101 Å². The first-order chi connectivity index (χ1) is 20.9. The zero-order chi connectivity index (χ0) is 33.5. The van der Waals surface area contributed by atoms with Crippen molar-refractivity contribution in [3.05, 3.63) is 59.0 Å². The summed E-state index contributed by atoms with van der Waals surface area (Å²) in [6.07, 6.45) is -4.48. The zero-order valence-electron chi connectivity index (χ0n) is 27.0. The van der Waals surface area contributed by atoms with Crippen LogP contribution in [0.1, 0.15) is 43.3 Å². The Hall–Kier alpha value is -3.86. The van der Waals surface area contributed by atoms with Crippen LogP contribution < -0.4 is 4.74 Å². The van der Waals surface area contributed by atoms with Gasteiger partial charge in [-0.1, -0.05) is 19.6 Å². The van der Waals surface area contributed by atoms with Crippen LogP contribution in [0.4, 0.5) is 18.0 Å². The lowest BCUT2D eigenvalue weighted by Crippen LogP contribution is -2.47. The number of aryl methyl sites for hydroxylation is 1. The van der Waals surface area contributed by atoms with Gasteiger partial charge in [0, 0.05) is 33.4 Å². The van der Waals surface area contributed by atoms with Crippen molar-refractivity contribution in [1.29, 1.82) is 5.26 Å². The summed E-state index contributed by atoms with van der Waals surface area (Å²) in [7, 11) is 0.717. The number of halogens is 3. The van der Waals surface area contributed by atoms with Crippen LogP contribution >= 0.6 is 0 Å². The first-order valence-electron chi connectivity index (χ1n) is 14.4. The van der Waals surface area contributed by atoms with E-state index < -0.39 is 37.4 Å². The summed E-state index contributed by atoms with van der Waals surface area (Å²) in [5.41, 5.74) is -3.00. The van der Waals surface area contributed by atoms with Crippen molar-refractivity contribution in [2.24, 2.45) is 0 Å². The quantitative estimate of drug-likeness (QED) is 0.136. The first kappa shape index (κ1) is 34.0. The second kappa shape index (κ2) is 12.1. The number of nitriles is 1. The SMILES string of the molecule is COc1cc(C)c2c(ccn2C(=O)OC(C)(C)C)c1C(OC)(c1nc2ccc(C#N)cc2n1COCC[Si](C)(C)C)C(F)(F)F. The molecule has 2 aromatic heterocycles. The zero-order valence-corrected chi connectivity index (χ0v) is 28.0. The standard InChI is InChI=1S/C32H39F3N4O5Si/c1-20-16-25(41-5)26(22-12-13-38(27(20)22)29(40)44-30(2,3)4)31(42-6,32(33,34)35)28-37-23-11-10-21(18-36)17-24(23)39(28)19-43-14-15-45(7,8)9/h10-13,16-17H,14-15,19H2,1-9H3. The molecule has 242 valence electrons. The van der Waals surface area contributed by atoms with Crippen molar-refractivity contribution in [3.8, 4) is 11.8 Å². The molecule has 45 heavy (non-hydrogen) atoms. The van der Waals surface area contributed by atoms with E-state index in [0.717, 1.165) is 13.2 Å². The molecule has 0 radical (unpaired) electrons. The van der Waals surface area contributed by atoms with E-state index in [1.165, 1.54) is 52.8 Å². The molecule has 4 aromatic rings. The number of aromatic nitrogens is 3. The molecule has 0 bridgehead atoms. The number of fused-ring (bicyclic) bond motifs is 2. The average Bonchev–Trinajstić information content (AvgIpc) is 3.53. The van der Waals surface area contributed by atoms with E-state index in [0.29, 0.717) is 12.2 Å². The van der Waals surface area contributed by atoms with Gasteiger partial charge in [-0.15, -0.1) is 0 Å². The summed E-state index contributed by atoms with van der Waals surface area (Å²) >= 11 is 0. The van der Waals surface area contributed by atoms with Crippen molar-refractivity contribution in [1.82, 2.24) is 14.1 Å². The van der Waals surface area contributed by atoms with Gasteiger partial charge in [0.25, 0.3) is 5.60 Å². The van der Waals surface area contributed by atoms with Crippen LogP contribution in [0, 0.1) is 18.3 Å². The molecule has 0 saturated carbocycles. The van der Waals surface area contributed by atoms with Gasteiger partial charge >= 0.3 is 12.3 Å². The van der Waals surface area contributed by atoms with Crippen LogP contribution in [0.2, 0.25) is 25.7 Å². The van der Waals surface area contributed by atoms with E-state index in [9.17, 15) is 10.1 Å². The summed E-state index contributed by atoms with van der Waals surface area (Å²) < 4.78 is 72.7. The monoisotopic (exact) mass is 644 g/mol. The Morgan fingerprint density at radius 1 is 1.09 bits per heavy atom. The molecule has 0 aliphatic heterocycles. The number of hydrogen-bond donors (Lipinski definition) is 0. The third-order valence-corrected chi connectivity index (χ3v) is 9.10. The Morgan fingerprint density at radius 3 is 2.33 bits per heavy atom. The lowest BCUT2D eigenvalue weighted by atomic mass is 9.87. The summed E-state index contributed by atoms with van der Waals surface area (Å²) in [6, 6.07) is 10.1. The highest BCUT2D eigenvalue weighted by Gasteiger charge is 2.63. The number of ether oxygens (including phenoxy) is 4. The number of rotatable bonds is 9. The predicted molar refractivity (Wildman–Crippen MR) is 167 cm³/mol. The van der Waals surface area contributed by atoms with Crippen LogP contribution in [0.15, 0.2) is 36.5 Å². The van der Waals surface area contributed by atoms with Crippen LogP contribution in [-0.4, -0.2) is 60.9 Å². The molecule has 0 aliphatic carbocycles. The fourth-order valence-corrected chi connectivity index (χ4v) is 6.07. The third kappa shape index (κ3) is 6.45. The number of methoxy groups -OCH3 is 2. The minimum absolute atomic E-state index is 0.0628. The maximum absolute atomic E-state index is 15.9. The van der Waals surface area contributed by atoms with Crippen molar-refractivity contribution < 1.29 is 36.9 Å². The maximum atomic E-state index is 15.9. The lowest BCUT2D eigenvalue weighted by molar-refractivity contribution is -0.262. The van der Waals surface area contributed by atoms with Gasteiger partial charge in [0.15, 0.2) is 5.82 Å². The van der Waals surface area contributed by atoms with Gasteiger partial charge in [-0.2, -0.15) is 18.4 Å². The highest BCUT2D eigenvalue weighted by atomic mass is 28.3. The van der Waals surface area contributed by atoms with Crippen molar-refractivity contribution in [2.45, 2.75) is 77.5 Å². The normalized spacial score (nSPS) is 14.0. The van der Waals surface area contributed by atoms with Crippen molar-refractivity contribution >= 4 is 36.1 Å². The second-order valence-corrected chi connectivity index (χ2v) is 18.7. The Morgan fingerprint density at radius 2 is 1.78 bits per heavy atom. The molecule has 9 nitrogen and oxygen atoms in total. The van der Waals surface area contributed by atoms with E-state index in [1.54, 1.807) is 27.7 Å². The van der Waals surface area contributed by atoms with Gasteiger partial charge < -0.3 is 23.5 Å². The van der Waals surface area contributed by atoms with Crippen LogP contribution in [0.5, 0.6) is 5.75 Å². The summed E-state index contributed by atoms with van der Waals surface area (Å²) in [5, 5.41) is 9.64. The van der Waals surface area contributed by atoms with E-state index in [4.69, 9.17) is 18.9 Å². The van der Waals surface area contributed by atoms with E-state index in [1.807, 2.05) is 6.07 Å². The van der Waals surface area contributed by atoms with Crippen LogP contribution in [-0.2, 0) is 26.5 Å². The van der Waals surface area contributed by atoms with E-state index >= 15 is 13.2 Å². The molecule has 0 aliphatic rings. The minimum Gasteiger partial charge on any atom is -0.496 e. The largest absolute Gasteiger partial charge is 0.496 e. The molecule has 1 atom stereocenters.